The Balaban J connectivity index is 2.19. The number of nitrogens with one attached hydrogen (secondary N) is 1. The molecule has 0 amide bonds. The van der Waals surface area contributed by atoms with Gasteiger partial charge in [-0.25, -0.2) is 0 Å². The first kappa shape index (κ1) is 11.2. The predicted octanol–water partition coefficient (Wildman–Crippen LogP) is 3.60. The molecule has 0 aromatic heterocycles. The number of halogens is 1. The van der Waals surface area contributed by atoms with Crippen LogP contribution in [0.15, 0.2) is 18.2 Å². The second kappa shape index (κ2) is 3.94. The minimum atomic E-state index is -0.444. The number of nitrogens with zero attached hydrogens (tertiary/aromatic N) is 1. The smallest absolute Gasteiger partial charge is 0.271 e. The molecule has 16 heavy (non-hydrogen) atoms. The lowest BCUT2D eigenvalue weighted by atomic mass is 9.78. The SMILES string of the molecule is CC1(Nc2ccc([N+](=O)[O-])cc2Cl)CCC1. The van der Waals surface area contributed by atoms with Gasteiger partial charge in [0.25, 0.3) is 5.69 Å². The molecule has 5 heteroatoms. The van der Waals surface area contributed by atoms with Gasteiger partial charge in [-0.05, 0) is 32.3 Å². The van der Waals surface area contributed by atoms with Crippen LogP contribution in [0.5, 0.6) is 0 Å². The molecule has 0 atom stereocenters. The summed E-state index contributed by atoms with van der Waals surface area (Å²) < 4.78 is 0. The van der Waals surface area contributed by atoms with E-state index in [-0.39, 0.29) is 11.2 Å². The highest BCUT2D eigenvalue weighted by atomic mass is 35.5. The molecule has 0 spiro atoms. The fourth-order valence-corrected chi connectivity index (χ4v) is 2.10. The largest absolute Gasteiger partial charge is 0.379 e. The average molecular weight is 241 g/mol. The van der Waals surface area contributed by atoms with Gasteiger partial charge in [-0.1, -0.05) is 11.6 Å². The molecule has 0 unspecified atom stereocenters. The van der Waals surface area contributed by atoms with E-state index in [4.69, 9.17) is 11.6 Å². The van der Waals surface area contributed by atoms with E-state index in [0.717, 1.165) is 18.5 Å². The Morgan fingerprint density at radius 2 is 2.19 bits per heavy atom. The molecule has 1 saturated carbocycles. The highest BCUT2D eigenvalue weighted by molar-refractivity contribution is 6.33. The summed E-state index contributed by atoms with van der Waals surface area (Å²) in [6.07, 6.45) is 3.44. The third-order valence-corrected chi connectivity index (χ3v) is 3.37. The van der Waals surface area contributed by atoms with Crippen LogP contribution in [0.1, 0.15) is 26.2 Å². The number of benzene rings is 1. The molecule has 1 aromatic carbocycles. The van der Waals surface area contributed by atoms with Crippen LogP contribution in [-0.2, 0) is 0 Å². The first-order chi connectivity index (χ1) is 7.50. The normalized spacial score (nSPS) is 17.6. The zero-order valence-electron chi connectivity index (χ0n) is 9.00. The molecule has 1 aliphatic rings. The van der Waals surface area contributed by atoms with Crippen molar-refractivity contribution in [2.75, 3.05) is 5.32 Å². The lowest BCUT2D eigenvalue weighted by Crippen LogP contribution is -2.41. The summed E-state index contributed by atoms with van der Waals surface area (Å²) in [4.78, 5) is 10.1. The van der Waals surface area contributed by atoms with E-state index in [1.165, 1.54) is 18.6 Å². The van der Waals surface area contributed by atoms with Crippen LogP contribution in [0, 0.1) is 10.1 Å². The molecule has 86 valence electrons. The van der Waals surface area contributed by atoms with Gasteiger partial charge in [0.15, 0.2) is 0 Å². The fraction of sp³-hybridized carbons (Fsp3) is 0.455. The van der Waals surface area contributed by atoms with E-state index in [2.05, 4.69) is 12.2 Å². The third-order valence-electron chi connectivity index (χ3n) is 3.06. The molecular formula is C11H13ClN2O2. The monoisotopic (exact) mass is 240 g/mol. The van der Waals surface area contributed by atoms with E-state index in [0.29, 0.717) is 5.02 Å². The number of nitro groups is 1. The van der Waals surface area contributed by atoms with Crippen molar-refractivity contribution in [2.24, 2.45) is 0 Å². The second-order valence-corrected chi connectivity index (χ2v) is 4.87. The quantitative estimate of drug-likeness (QED) is 0.649. The van der Waals surface area contributed by atoms with Gasteiger partial charge in [0.2, 0.25) is 0 Å². The van der Waals surface area contributed by atoms with E-state index >= 15 is 0 Å². The van der Waals surface area contributed by atoms with Crippen LogP contribution in [0.3, 0.4) is 0 Å². The van der Waals surface area contributed by atoms with Gasteiger partial charge < -0.3 is 5.32 Å². The molecule has 0 heterocycles. The highest BCUT2D eigenvalue weighted by Gasteiger charge is 2.31. The summed E-state index contributed by atoms with van der Waals surface area (Å²) >= 11 is 5.99. The first-order valence-corrected chi connectivity index (χ1v) is 5.60. The summed E-state index contributed by atoms with van der Waals surface area (Å²) in [6, 6.07) is 4.52. The summed E-state index contributed by atoms with van der Waals surface area (Å²) in [7, 11) is 0. The van der Waals surface area contributed by atoms with Crippen molar-refractivity contribution >= 4 is 23.0 Å². The standard InChI is InChI=1S/C11H13ClN2O2/c1-11(5-2-6-11)13-10-4-3-8(14(15)16)7-9(10)12/h3-4,7,13H,2,5-6H2,1H3. The maximum atomic E-state index is 10.5. The molecule has 1 N–H and O–H groups in total. The number of nitro benzene ring substituents is 1. The zero-order valence-corrected chi connectivity index (χ0v) is 9.75. The third kappa shape index (κ3) is 2.11. The van der Waals surface area contributed by atoms with Gasteiger partial charge in [0, 0.05) is 17.7 Å². The summed E-state index contributed by atoms with van der Waals surface area (Å²) in [6.45, 7) is 2.13. The topological polar surface area (TPSA) is 55.2 Å². The van der Waals surface area contributed by atoms with Gasteiger partial charge >= 0.3 is 0 Å². The second-order valence-electron chi connectivity index (χ2n) is 4.46. The Morgan fingerprint density at radius 1 is 1.50 bits per heavy atom. The van der Waals surface area contributed by atoms with Crippen molar-refractivity contribution in [3.63, 3.8) is 0 Å². The van der Waals surface area contributed by atoms with Crippen molar-refractivity contribution in [1.29, 1.82) is 0 Å². The Hall–Kier alpha value is -1.29. The molecule has 0 bridgehead atoms. The summed E-state index contributed by atoms with van der Waals surface area (Å²) in [5.41, 5.74) is 0.892. The lowest BCUT2D eigenvalue weighted by molar-refractivity contribution is -0.384. The maximum Gasteiger partial charge on any atom is 0.271 e. The molecule has 0 aliphatic heterocycles. The first-order valence-electron chi connectivity index (χ1n) is 5.22. The van der Waals surface area contributed by atoms with Crippen LogP contribution in [-0.4, -0.2) is 10.5 Å². The molecule has 1 aliphatic carbocycles. The van der Waals surface area contributed by atoms with Gasteiger partial charge in [-0.3, -0.25) is 10.1 Å². The lowest BCUT2D eigenvalue weighted by Gasteiger charge is -2.40. The minimum Gasteiger partial charge on any atom is -0.379 e. The number of rotatable bonds is 3. The highest BCUT2D eigenvalue weighted by Crippen LogP contribution is 2.37. The molecule has 1 aromatic rings. The molecule has 2 rings (SSSR count). The van der Waals surface area contributed by atoms with E-state index < -0.39 is 4.92 Å². The van der Waals surface area contributed by atoms with Gasteiger partial charge in [-0.15, -0.1) is 0 Å². The number of hydrogen-bond donors (Lipinski definition) is 1. The molecule has 0 radical (unpaired) electrons. The van der Waals surface area contributed by atoms with E-state index in [1.807, 2.05) is 0 Å². The van der Waals surface area contributed by atoms with Crippen LogP contribution < -0.4 is 5.32 Å². The van der Waals surface area contributed by atoms with Crippen LogP contribution in [0.4, 0.5) is 11.4 Å². The predicted molar refractivity (Wildman–Crippen MR) is 64.0 cm³/mol. The van der Waals surface area contributed by atoms with Crippen LogP contribution in [0.25, 0.3) is 0 Å². The van der Waals surface area contributed by atoms with Gasteiger partial charge in [0.05, 0.1) is 15.6 Å². The summed E-state index contributed by atoms with van der Waals surface area (Å²) in [5.74, 6) is 0. The van der Waals surface area contributed by atoms with Crippen molar-refractivity contribution in [3.8, 4) is 0 Å². The zero-order chi connectivity index (χ0) is 11.8. The maximum absolute atomic E-state index is 10.5. The van der Waals surface area contributed by atoms with E-state index in [9.17, 15) is 10.1 Å². The van der Waals surface area contributed by atoms with Gasteiger partial charge in [0.1, 0.15) is 0 Å². The molecular weight excluding hydrogens is 228 g/mol. The number of anilines is 1. The van der Waals surface area contributed by atoms with Crippen molar-refractivity contribution in [3.05, 3.63) is 33.3 Å². The fourth-order valence-electron chi connectivity index (χ4n) is 1.88. The van der Waals surface area contributed by atoms with Crippen molar-refractivity contribution < 1.29 is 4.92 Å². The van der Waals surface area contributed by atoms with Gasteiger partial charge in [-0.2, -0.15) is 0 Å². The number of hydrogen-bond acceptors (Lipinski definition) is 3. The molecule has 4 nitrogen and oxygen atoms in total. The van der Waals surface area contributed by atoms with Crippen molar-refractivity contribution in [1.82, 2.24) is 0 Å². The van der Waals surface area contributed by atoms with E-state index in [1.54, 1.807) is 6.07 Å². The average Bonchev–Trinajstić information content (AvgIpc) is 2.18. The molecule has 0 saturated heterocycles. The van der Waals surface area contributed by atoms with Crippen molar-refractivity contribution in [2.45, 2.75) is 31.7 Å². The van der Waals surface area contributed by atoms with Crippen LogP contribution in [0.2, 0.25) is 5.02 Å². The minimum absolute atomic E-state index is 0.0225. The van der Waals surface area contributed by atoms with Crippen LogP contribution >= 0.6 is 11.6 Å². The number of non-ortho nitro benzene ring substituents is 1. The Bertz CT molecular complexity index is 430. The summed E-state index contributed by atoms with van der Waals surface area (Å²) in [5, 5.41) is 14.3. The Morgan fingerprint density at radius 3 is 2.62 bits per heavy atom. The Labute approximate surface area is 98.8 Å². The Kier molecular flexibility index (Phi) is 2.76. The molecule has 1 fully saturated rings.